The number of nitrogens with zero attached hydrogens (tertiary/aromatic N) is 4. The first-order chi connectivity index (χ1) is 15.2. The third-order valence-corrected chi connectivity index (χ3v) is 4.69. The quantitative estimate of drug-likeness (QED) is 0.191. The highest BCUT2D eigenvalue weighted by Gasteiger charge is 2.39. The largest absolute Gasteiger partial charge is 0.462 e. The lowest BCUT2D eigenvalue weighted by Crippen LogP contribution is -2.53. The van der Waals surface area contributed by atoms with E-state index in [-0.39, 0.29) is 31.1 Å². The van der Waals surface area contributed by atoms with Crippen LogP contribution in [0, 0.1) is 5.82 Å². The molecule has 12 heteroatoms. The normalized spacial score (nSPS) is 15.2. The number of hydrogen-bond donors (Lipinski definition) is 1. The number of esters is 1. The molecule has 0 spiro atoms. The molecule has 0 unspecified atom stereocenters. The van der Waals surface area contributed by atoms with Gasteiger partial charge in [0.15, 0.2) is 5.84 Å². The Hall–Kier alpha value is -3.70. The van der Waals surface area contributed by atoms with Crippen molar-refractivity contribution in [2.75, 3.05) is 31.1 Å². The van der Waals surface area contributed by atoms with E-state index in [1.807, 2.05) is 0 Å². The average Bonchev–Trinajstić information content (AvgIpc) is 2.75. The summed E-state index contributed by atoms with van der Waals surface area (Å²) in [5, 5.41) is 12.2. The van der Waals surface area contributed by atoms with Crippen LogP contribution in [0.5, 0.6) is 0 Å². The van der Waals surface area contributed by atoms with E-state index in [0.29, 0.717) is 6.07 Å². The molecule has 0 radical (unpaired) electrons. The standard InChI is InChI=1S/C20H18F4N4O4/c1-2-32-19(30)12-6-7-15(25-10-12)28-9-8-27(11-16(28)29)18(26-31)17-13(20(22,23)24)4-3-5-14(17)21/h3-7,10,31H,2,8-9,11H2,1H3. The summed E-state index contributed by atoms with van der Waals surface area (Å²) in [5.41, 5.74) is -2.08. The maximum atomic E-state index is 14.3. The summed E-state index contributed by atoms with van der Waals surface area (Å²) in [6, 6.07) is 5.22. The Kier molecular flexibility index (Phi) is 6.61. The second kappa shape index (κ2) is 9.20. The number of piperazine rings is 1. The van der Waals surface area contributed by atoms with E-state index in [9.17, 15) is 32.4 Å². The minimum atomic E-state index is -4.90. The number of carbonyl (C=O) groups excluding carboxylic acids is 2. The summed E-state index contributed by atoms with van der Waals surface area (Å²) in [6.07, 6.45) is -3.66. The molecule has 2 heterocycles. The van der Waals surface area contributed by atoms with Gasteiger partial charge in [0, 0.05) is 19.3 Å². The van der Waals surface area contributed by atoms with Crippen molar-refractivity contribution in [1.29, 1.82) is 0 Å². The van der Waals surface area contributed by atoms with E-state index in [1.165, 1.54) is 23.2 Å². The summed E-state index contributed by atoms with van der Waals surface area (Å²) >= 11 is 0. The van der Waals surface area contributed by atoms with Gasteiger partial charge in [-0.2, -0.15) is 13.2 Å². The van der Waals surface area contributed by atoms with Crippen LogP contribution in [0.25, 0.3) is 0 Å². The molecule has 0 saturated carbocycles. The van der Waals surface area contributed by atoms with E-state index >= 15 is 0 Å². The number of ether oxygens (including phenoxy) is 1. The topological polar surface area (TPSA) is 95.3 Å². The Morgan fingerprint density at radius 3 is 2.56 bits per heavy atom. The van der Waals surface area contributed by atoms with Crippen LogP contribution < -0.4 is 4.90 Å². The molecular formula is C20H18F4N4O4. The van der Waals surface area contributed by atoms with Gasteiger partial charge < -0.3 is 14.8 Å². The number of oxime groups is 1. The number of rotatable bonds is 4. The van der Waals surface area contributed by atoms with Crippen molar-refractivity contribution >= 4 is 23.5 Å². The predicted octanol–water partition coefficient (Wildman–Crippen LogP) is 2.90. The van der Waals surface area contributed by atoms with Crippen molar-refractivity contribution in [1.82, 2.24) is 9.88 Å². The minimum absolute atomic E-state index is 0.0284. The number of hydrogen-bond acceptors (Lipinski definition) is 6. The lowest BCUT2D eigenvalue weighted by Gasteiger charge is -2.35. The van der Waals surface area contributed by atoms with Crippen LogP contribution in [-0.2, 0) is 15.7 Å². The molecule has 170 valence electrons. The van der Waals surface area contributed by atoms with Gasteiger partial charge in [0.1, 0.15) is 11.6 Å². The Balaban J connectivity index is 1.81. The minimum Gasteiger partial charge on any atom is -0.462 e. The predicted molar refractivity (Wildman–Crippen MR) is 104 cm³/mol. The Morgan fingerprint density at radius 2 is 2.00 bits per heavy atom. The molecule has 1 amide bonds. The summed E-state index contributed by atoms with van der Waals surface area (Å²) in [7, 11) is 0. The fraction of sp³-hybridized carbons (Fsp3) is 0.300. The van der Waals surface area contributed by atoms with Crippen molar-refractivity contribution < 1.29 is 37.1 Å². The SMILES string of the molecule is CCOC(=O)c1ccc(N2CCN(C(=NO)c3c(F)cccc3C(F)(F)F)CC2=O)nc1. The Labute approximate surface area is 179 Å². The molecular weight excluding hydrogens is 436 g/mol. The van der Waals surface area contributed by atoms with Gasteiger partial charge in [-0.25, -0.2) is 14.2 Å². The zero-order chi connectivity index (χ0) is 23.5. The zero-order valence-electron chi connectivity index (χ0n) is 16.8. The lowest BCUT2D eigenvalue weighted by molar-refractivity contribution is -0.138. The van der Waals surface area contributed by atoms with Gasteiger partial charge >= 0.3 is 12.1 Å². The summed E-state index contributed by atoms with van der Waals surface area (Å²) in [6.45, 7) is 1.28. The second-order valence-corrected chi connectivity index (χ2v) is 6.68. The van der Waals surface area contributed by atoms with Crippen LogP contribution in [0.1, 0.15) is 28.4 Å². The Bertz CT molecular complexity index is 1040. The number of anilines is 1. The van der Waals surface area contributed by atoms with Crippen LogP contribution in [-0.4, -0.2) is 59.0 Å². The summed E-state index contributed by atoms with van der Waals surface area (Å²) in [5.74, 6) is -2.87. The maximum absolute atomic E-state index is 14.3. The molecule has 1 N–H and O–H groups in total. The lowest BCUT2D eigenvalue weighted by atomic mass is 10.0. The van der Waals surface area contributed by atoms with Crippen molar-refractivity contribution in [2.45, 2.75) is 13.1 Å². The van der Waals surface area contributed by atoms with Gasteiger partial charge in [0.05, 0.1) is 29.8 Å². The van der Waals surface area contributed by atoms with Gasteiger partial charge in [-0.15, -0.1) is 0 Å². The van der Waals surface area contributed by atoms with Gasteiger partial charge in [0.25, 0.3) is 0 Å². The molecule has 8 nitrogen and oxygen atoms in total. The molecule has 3 rings (SSSR count). The first-order valence-electron chi connectivity index (χ1n) is 9.44. The number of benzene rings is 1. The van der Waals surface area contributed by atoms with Crippen LogP contribution in [0.3, 0.4) is 0 Å². The van der Waals surface area contributed by atoms with E-state index in [4.69, 9.17) is 4.74 Å². The van der Waals surface area contributed by atoms with Crippen LogP contribution in [0.4, 0.5) is 23.4 Å². The van der Waals surface area contributed by atoms with E-state index < -0.39 is 47.4 Å². The van der Waals surface area contributed by atoms with Gasteiger partial charge in [-0.3, -0.25) is 9.69 Å². The Morgan fingerprint density at radius 1 is 1.25 bits per heavy atom. The highest BCUT2D eigenvalue weighted by Crippen LogP contribution is 2.34. The van der Waals surface area contributed by atoms with Crippen molar-refractivity contribution in [3.8, 4) is 0 Å². The van der Waals surface area contributed by atoms with E-state index in [2.05, 4.69) is 10.1 Å². The van der Waals surface area contributed by atoms with Crippen LogP contribution in [0.15, 0.2) is 41.7 Å². The molecule has 0 aliphatic carbocycles. The molecule has 32 heavy (non-hydrogen) atoms. The molecule has 2 aromatic rings. The third-order valence-electron chi connectivity index (χ3n) is 4.69. The molecule has 0 bridgehead atoms. The fourth-order valence-corrected chi connectivity index (χ4v) is 3.24. The molecule has 1 aliphatic rings. The highest BCUT2D eigenvalue weighted by molar-refractivity contribution is 6.04. The number of aromatic nitrogens is 1. The molecule has 1 aromatic heterocycles. The third kappa shape index (κ3) is 4.63. The van der Waals surface area contributed by atoms with Gasteiger partial charge in [-0.05, 0) is 31.2 Å². The zero-order valence-corrected chi connectivity index (χ0v) is 16.8. The number of pyridine rings is 1. The van der Waals surface area contributed by atoms with Crippen molar-refractivity contribution in [3.05, 3.63) is 59.0 Å². The number of amidine groups is 1. The summed E-state index contributed by atoms with van der Waals surface area (Å²) < 4.78 is 59.2. The molecule has 1 saturated heterocycles. The first kappa shape index (κ1) is 23.0. The van der Waals surface area contributed by atoms with Gasteiger partial charge in [-0.1, -0.05) is 11.2 Å². The molecule has 1 aromatic carbocycles. The average molecular weight is 454 g/mol. The van der Waals surface area contributed by atoms with Crippen LogP contribution in [0.2, 0.25) is 0 Å². The monoisotopic (exact) mass is 454 g/mol. The van der Waals surface area contributed by atoms with Crippen LogP contribution >= 0.6 is 0 Å². The highest BCUT2D eigenvalue weighted by atomic mass is 19.4. The molecule has 0 atom stereocenters. The maximum Gasteiger partial charge on any atom is 0.417 e. The number of halogens is 4. The fourth-order valence-electron chi connectivity index (χ4n) is 3.24. The smallest absolute Gasteiger partial charge is 0.417 e. The number of carbonyl (C=O) groups is 2. The first-order valence-corrected chi connectivity index (χ1v) is 9.44. The van der Waals surface area contributed by atoms with E-state index in [1.54, 1.807) is 6.92 Å². The van der Waals surface area contributed by atoms with Gasteiger partial charge in [0.2, 0.25) is 5.91 Å². The number of amides is 1. The second-order valence-electron chi connectivity index (χ2n) is 6.68. The van der Waals surface area contributed by atoms with Crippen molar-refractivity contribution in [2.24, 2.45) is 5.16 Å². The van der Waals surface area contributed by atoms with Crippen molar-refractivity contribution in [3.63, 3.8) is 0 Å². The summed E-state index contributed by atoms with van der Waals surface area (Å²) in [4.78, 5) is 30.7. The number of alkyl halides is 3. The molecule has 1 fully saturated rings. The molecule has 1 aliphatic heterocycles. The van der Waals surface area contributed by atoms with E-state index in [0.717, 1.165) is 17.0 Å².